The van der Waals surface area contributed by atoms with Gasteiger partial charge in [-0.2, -0.15) is 5.21 Å². The number of benzene rings is 1. The summed E-state index contributed by atoms with van der Waals surface area (Å²) in [5.74, 6) is 0.216. The minimum Gasteiger partial charge on any atom is -0.345 e. The second kappa shape index (κ2) is 4.92. The predicted octanol–water partition coefficient (Wildman–Crippen LogP) is 1.09. The van der Waals surface area contributed by atoms with Crippen LogP contribution in [0.15, 0.2) is 18.2 Å². The summed E-state index contributed by atoms with van der Waals surface area (Å²) < 4.78 is 0. The second-order valence-corrected chi connectivity index (χ2v) is 3.91. The summed E-state index contributed by atoms with van der Waals surface area (Å²) in [6.07, 6.45) is 0. The highest BCUT2D eigenvalue weighted by atomic mass is 35.5. The van der Waals surface area contributed by atoms with Crippen molar-refractivity contribution >= 4 is 17.5 Å². The number of H-pyrrole nitrogens is 1. The minimum atomic E-state index is -0.213. The smallest absolute Gasteiger partial charge is 0.251 e. The lowest BCUT2D eigenvalue weighted by Gasteiger charge is -2.06. The van der Waals surface area contributed by atoms with Crippen molar-refractivity contribution in [1.29, 1.82) is 0 Å². The first-order valence-corrected chi connectivity index (χ1v) is 5.31. The van der Waals surface area contributed by atoms with Gasteiger partial charge in [0.05, 0.1) is 6.54 Å². The first-order valence-electron chi connectivity index (χ1n) is 4.93. The number of hydrogen-bond donors (Lipinski definition) is 2. The molecule has 2 rings (SSSR count). The van der Waals surface area contributed by atoms with Crippen LogP contribution < -0.4 is 5.32 Å². The summed E-state index contributed by atoms with van der Waals surface area (Å²) in [7, 11) is 0. The molecule has 2 aromatic rings. The molecule has 0 saturated heterocycles. The van der Waals surface area contributed by atoms with Gasteiger partial charge in [-0.3, -0.25) is 4.79 Å². The zero-order chi connectivity index (χ0) is 12.3. The van der Waals surface area contributed by atoms with Gasteiger partial charge in [0.15, 0.2) is 5.82 Å². The molecule has 0 aliphatic heterocycles. The molecule has 88 valence electrons. The van der Waals surface area contributed by atoms with Crippen LogP contribution in [-0.2, 0) is 6.54 Å². The number of aryl methyl sites for hydroxylation is 1. The van der Waals surface area contributed by atoms with Crippen LogP contribution in [0, 0.1) is 6.92 Å². The van der Waals surface area contributed by atoms with Gasteiger partial charge >= 0.3 is 0 Å². The number of hydrogen-bond acceptors (Lipinski definition) is 4. The van der Waals surface area contributed by atoms with E-state index in [-0.39, 0.29) is 12.5 Å². The van der Waals surface area contributed by atoms with Crippen LogP contribution in [0.2, 0.25) is 5.02 Å². The fourth-order valence-corrected chi connectivity index (χ4v) is 1.52. The Balaban J connectivity index is 2.07. The number of aromatic amines is 1. The van der Waals surface area contributed by atoms with Gasteiger partial charge in [-0.1, -0.05) is 22.9 Å². The Kier molecular flexibility index (Phi) is 3.34. The Morgan fingerprint density at radius 3 is 3.06 bits per heavy atom. The van der Waals surface area contributed by atoms with Gasteiger partial charge in [0.1, 0.15) is 0 Å². The van der Waals surface area contributed by atoms with Gasteiger partial charge in [-0.25, -0.2) is 0 Å². The van der Waals surface area contributed by atoms with E-state index in [1.807, 2.05) is 6.92 Å². The van der Waals surface area contributed by atoms with Crippen molar-refractivity contribution in [3.63, 3.8) is 0 Å². The number of amides is 1. The van der Waals surface area contributed by atoms with E-state index in [9.17, 15) is 4.79 Å². The lowest BCUT2D eigenvalue weighted by Crippen LogP contribution is -2.24. The van der Waals surface area contributed by atoms with Crippen LogP contribution in [0.5, 0.6) is 0 Å². The van der Waals surface area contributed by atoms with Gasteiger partial charge in [-0.15, -0.1) is 10.2 Å². The molecule has 0 fully saturated rings. The Labute approximate surface area is 102 Å². The average Bonchev–Trinajstić information content (AvgIpc) is 2.82. The maximum Gasteiger partial charge on any atom is 0.251 e. The molecule has 0 aliphatic rings. The van der Waals surface area contributed by atoms with Crippen molar-refractivity contribution in [2.45, 2.75) is 13.5 Å². The minimum absolute atomic E-state index is 0.213. The molecule has 1 aromatic carbocycles. The number of nitrogens with one attached hydrogen (secondary N) is 2. The van der Waals surface area contributed by atoms with Crippen molar-refractivity contribution < 1.29 is 4.79 Å². The molecule has 0 unspecified atom stereocenters. The van der Waals surface area contributed by atoms with Crippen molar-refractivity contribution in [3.05, 3.63) is 40.2 Å². The first kappa shape index (κ1) is 11.5. The van der Waals surface area contributed by atoms with Gasteiger partial charge < -0.3 is 5.32 Å². The molecule has 17 heavy (non-hydrogen) atoms. The molecule has 2 N–H and O–H groups in total. The number of aromatic nitrogens is 4. The van der Waals surface area contributed by atoms with Crippen molar-refractivity contribution in [3.8, 4) is 0 Å². The van der Waals surface area contributed by atoms with Crippen molar-refractivity contribution in [1.82, 2.24) is 25.9 Å². The van der Waals surface area contributed by atoms with Crippen LogP contribution in [0.3, 0.4) is 0 Å². The van der Waals surface area contributed by atoms with E-state index in [4.69, 9.17) is 11.6 Å². The molecule has 0 radical (unpaired) electrons. The average molecular weight is 252 g/mol. The molecule has 0 saturated carbocycles. The summed E-state index contributed by atoms with van der Waals surface area (Å²) >= 11 is 5.84. The van der Waals surface area contributed by atoms with Crippen molar-refractivity contribution in [2.75, 3.05) is 0 Å². The molecule has 1 amide bonds. The number of carbonyl (C=O) groups is 1. The Morgan fingerprint density at radius 2 is 2.35 bits per heavy atom. The molecule has 0 aliphatic carbocycles. The van der Waals surface area contributed by atoms with E-state index in [0.29, 0.717) is 16.4 Å². The third-order valence-electron chi connectivity index (χ3n) is 2.24. The van der Waals surface area contributed by atoms with Gasteiger partial charge in [0, 0.05) is 10.6 Å². The Hall–Kier alpha value is -1.95. The zero-order valence-corrected chi connectivity index (χ0v) is 9.82. The number of rotatable bonds is 3. The van der Waals surface area contributed by atoms with E-state index in [1.165, 1.54) is 0 Å². The monoisotopic (exact) mass is 251 g/mol. The zero-order valence-electron chi connectivity index (χ0n) is 9.07. The topological polar surface area (TPSA) is 83.6 Å². The number of tetrazole rings is 1. The molecule has 1 aromatic heterocycles. The Bertz CT molecular complexity index is 525. The van der Waals surface area contributed by atoms with Gasteiger partial charge in [-0.05, 0) is 24.6 Å². The maximum absolute atomic E-state index is 11.9. The number of nitrogens with zero attached hydrogens (tertiary/aromatic N) is 3. The third-order valence-corrected chi connectivity index (χ3v) is 2.48. The second-order valence-electron chi connectivity index (χ2n) is 3.47. The molecular weight excluding hydrogens is 242 g/mol. The SMILES string of the molecule is Cc1ccc(Cl)cc1C(=O)NCc1nn[nH]n1. The molecule has 6 nitrogen and oxygen atoms in total. The molecule has 7 heteroatoms. The largest absolute Gasteiger partial charge is 0.345 e. The summed E-state index contributed by atoms with van der Waals surface area (Å²) in [5.41, 5.74) is 1.40. The van der Waals surface area contributed by atoms with E-state index in [1.54, 1.807) is 18.2 Å². The molecular formula is C10H10ClN5O. The van der Waals surface area contributed by atoms with E-state index >= 15 is 0 Å². The van der Waals surface area contributed by atoms with Gasteiger partial charge in [0.2, 0.25) is 0 Å². The highest BCUT2D eigenvalue weighted by molar-refractivity contribution is 6.31. The molecule has 1 heterocycles. The fourth-order valence-electron chi connectivity index (χ4n) is 1.35. The highest BCUT2D eigenvalue weighted by Gasteiger charge is 2.10. The maximum atomic E-state index is 11.9. The van der Waals surface area contributed by atoms with E-state index in [0.717, 1.165) is 5.56 Å². The summed E-state index contributed by atoms with van der Waals surface area (Å²) in [5, 5.41) is 16.4. The predicted molar refractivity (Wildman–Crippen MR) is 61.5 cm³/mol. The van der Waals surface area contributed by atoms with E-state index in [2.05, 4.69) is 25.9 Å². The van der Waals surface area contributed by atoms with Crippen LogP contribution in [-0.4, -0.2) is 26.5 Å². The Morgan fingerprint density at radius 1 is 1.53 bits per heavy atom. The van der Waals surface area contributed by atoms with Crippen LogP contribution in [0.4, 0.5) is 0 Å². The van der Waals surface area contributed by atoms with Crippen LogP contribution in [0.25, 0.3) is 0 Å². The third kappa shape index (κ3) is 2.79. The lowest BCUT2D eigenvalue weighted by atomic mass is 10.1. The highest BCUT2D eigenvalue weighted by Crippen LogP contribution is 2.15. The summed E-state index contributed by atoms with van der Waals surface area (Å²) in [4.78, 5) is 11.9. The lowest BCUT2D eigenvalue weighted by molar-refractivity contribution is 0.0949. The standard InChI is InChI=1S/C10H10ClN5O/c1-6-2-3-7(11)4-8(6)10(17)12-5-9-13-15-16-14-9/h2-4H,5H2,1H3,(H,12,17)(H,13,14,15,16). The molecule has 0 atom stereocenters. The number of carbonyl (C=O) groups excluding carboxylic acids is 1. The summed E-state index contributed by atoms with van der Waals surface area (Å²) in [6, 6.07) is 5.17. The van der Waals surface area contributed by atoms with Crippen molar-refractivity contribution in [2.24, 2.45) is 0 Å². The summed E-state index contributed by atoms with van der Waals surface area (Å²) in [6.45, 7) is 2.07. The van der Waals surface area contributed by atoms with E-state index < -0.39 is 0 Å². The quantitative estimate of drug-likeness (QED) is 0.855. The van der Waals surface area contributed by atoms with Crippen LogP contribution >= 0.6 is 11.6 Å². The first-order chi connectivity index (χ1) is 8.16. The fraction of sp³-hybridized carbons (Fsp3) is 0.200. The molecule has 0 spiro atoms. The normalized spacial score (nSPS) is 10.2. The van der Waals surface area contributed by atoms with Crippen LogP contribution in [0.1, 0.15) is 21.7 Å². The van der Waals surface area contributed by atoms with Gasteiger partial charge in [0.25, 0.3) is 5.91 Å². The number of halogens is 1. The molecule has 0 bridgehead atoms.